The summed E-state index contributed by atoms with van der Waals surface area (Å²) < 4.78 is 39.7. The molecule has 6 nitrogen and oxygen atoms in total. The van der Waals surface area contributed by atoms with Crippen LogP contribution < -0.4 is 9.80 Å². The third-order valence-corrected chi connectivity index (χ3v) is 5.87. The Hall–Kier alpha value is -2.94. The highest BCUT2D eigenvalue weighted by Gasteiger charge is 2.35. The summed E-state index contributed by atoms with van der Waals surface area (Å²) in [6.45, 7) is 3.03. The fraction of sp³-hybridized carbons (Fsp3) is 0.333. The second-order valence-electron chi connectivity index (χ2n) is 7.58. The van der Waals surface area contributed by atoms with Crippen molar-refractivity contribution in [1.29, 1.82) is 0 Å². The molecule has 0 spiro atoms. The zero-order valence-corrected chi connectivity index (χ0v) is 17.7. The van der Waals surface area contributed by atoms with Gasteiger partial charge in [0.15, 0.2) is 5.82 Å². The van der Waals surface area contributed by atoms with Crippen LogP contribution in [0, 0.1) is 0 Å². The summed E-state index contributed by atoms with van der Waals surface area (Å²) >= 11 is 5.74. The Morgan fingerprint density at radius 2 is 1.97 bits per heavy atom. The zero-order valence-electron chi connectivity index (χ0n) is 16.9. The van der Waals surface area contributed by atoms with Gasteiger partial charge in [0.05, 0.1) is 16.1 Å². The van der Waals surface area contributed by atoms with Crippen LogP contribution in [-0.2, 0) is 6.18 Å². The number of benzene rings is 2. The molecule has 3 aromatic rings. The Morgan fingerprint density at radius 3 is 2.68 bits per heavy atom. The van der Waals surface area contributed by atoms with Crippen LogP contribution in [-0.4, -0.2) is 53.9 Å². The fourth-order valence-corrected chi connectivity index (χ4v) is 4.16. The number of para-hydroxylation sites is 1. The van der Waals surface area contributed by atoms with E-state index in [0.29, 0.717) is 31.1 Å². The van der Waals surface area contributed by atoms with Gasteiger partial charge >= 0.3 is 12.2 Å². The molecule has 1 aromatic heterocycles. The Morgan fingerprint density at radius 1 is 1.23 bits per heavy atom. The van der Waals surface area contributed by atoms with Crippen molar-refractivity contribution >= 4 is 40.0 Å². The molecule has 1 aliphatic heterocycles. The molecule has 2 heterocycles. The van der Waals surface area contributed by atoms with Crippen LogP contribution in [0.5, 0.6) is 0 Å². The standard InChI is InChI=1S/C21H21ClF3N5O/c1-13-12-29(20(31)28(2)19-15-5-3-4-6-18(15)26-27-19)9-10-30(13)14-7-8-17(22)16(11-14)21(23,24)25/h3-8,11,13H,9-10,12H2,1-2H3,(H,26,27). The lowest BCUT2D eigenvalue weighted by molar-refractivity contribution is -0.137. The number of urea groups is 1. The SMILES string of the molecule is CC1CN(C(=O)N(C)c2n[nH]c3ccccc23)CCN1c1ccc(Cl)c(C(F)(F)F)c1. The molecule has 2 aromatic carbocycles. The molecule has 1 aliphatic rings. The van der Waals surface area contributed by atoms with E-state index >= 15 is 0 Å². The van der Waals surface area contributed by atoms with Gasteiger partial charge in [-0.3, -0.25) is 10.00 Å². The number of hydrogen-bond donors (Lipinski definition) is 1. The molecule has 31 heavy (non-hydrogen) atoms. The topological polar surface area (TPSA) is 55.5 Å². The summed E-state index contributed by atoms with van der Waals surface area (Å²) in [6.07, 6.45) is -4.52. The van der Waals surface area contributed by atoms with Gasteiger partial charge in [0.2, 0.25) is 0 Å². The number of amides is 2. The van der Waals surface area contributed by atoms with Gasteiger partial charge < -0.3 is 9.80 Å². The number of carbonyl (C=O) groups excluding carboxylic acids is 1. The highest BCUT2D eigenvalue weighted by Crippen LogP contribution is 2.37. The van der Waals surface area contributed by atoms with Crippen LogP contribution in [0.15, 0.2) is 42.5 Å². The maximum absolute atomic E-state index is 13.2. The van der Waals surface area contributed by atoms with E-state index in [9.17, 15) is 18.0 Å². The minimum atomic E-state index is -4.52. The number of aromatic amines is 1. The van der Waals surface area contributed by atoms with Crippen molar-refractivity contribution in [2.24, 2.45) is 0 Å². The Balaban J connectivity index is 1.50. The zero-order chi connectivity index (χ0) is 22.3. The lowest BCUT2D eigenvalue weighted by Gasteiger charge is -2.42. The van der Waals surface area contributed by atoms with Crippen molar-refractivity contribution in [3.63, 3.8) is 0 Å². The summed E-state index contributed by atoms with van der Waals surface area (Å²) in [5.74, 6) is 0.531. The average molecular weight is 452 g/mol. The average Bonchev–Trinajstić information content (AvgIpc) is 3.16. The molecule has 1 N–H and O–H groups in total. The lowest BCUT2D eigenvalue weighted by Crippen LogP contribution is -2.56. The Labute approximate surface area is 182 Å². The van der Waals surface area contributed by atoms with E-state index in [1.165, 1.54) is 11.0 Å². The molecule has 1 atom stereocenters. The van der Waals surface area contributed by atoms with Crippen molar-refractivity contribution in [3.8, 4) is 0 Å². The van der Waals surface area contributed by atoms with Gasteiger partial charge in [0.1, 0.15) is 0 Å². The van der Waals surface area contributed by atoms with E-state index in [1.807, 2.05) is 36.1 Å². The maximum Gasteiger partial charge on any atom is 0.417 e. The van der Waals surface area contributed by atoms with Crippen LogP contribution >= 0.6 is 11.6 Å². The first kappa shape index (κ1) is 21.3. The van der Waals surface area contributed by atoms with Crippen LogP contribution in [0.25, 0.3) is 10.9 Å². The quantitative estimate of drug-likeness (QED) is 0.596. The van der Waals surface area contributed by atoms with Crippen molar-refractivity contribution in [2.75, 3.05) is 36.5 Å². The number of fused-ring (bicyclic) bond motifs is 1. The number of halogens is 4. The number of nitrogens with one attached hydrogen (secondary N) is 1. The summed E-state index contributed by atoms with van der Waals surface area (Å²) in [6, 6.07) is 11.0. The number of anilines is 2. The number of alkyl halides is 3. The van der Waals surface area contributed by atoms with Crippen molar-refractivity contribution in [3.05, 3.63) is 53.1 Å². The second kappa shape index (κ2) is 7.96. The van der Waals surface area contributed by atoms with Gasteiger partial charge in [-0.25, -0.2) is 4.79 Å². The van der Waals surface area contributed by atoms with E-state index in [2.05, 4.69) is 10.2 Å². The molecule has 164 valence electrons. The predicted octanol–water partition coefficient (Wildman–Crippen LogP) is 5.00. The molecule has 1 saturated heterocycles. The first-order valence-electron chi connectivity index (χ1n) is 9.76. The number of aromatic nitrogens is 2. The van der Waals surface area contributed by atoms with Crippen LogP contribution in [0.4, 0.5) is 29.5 Å². The van der Waals surface area contributed by atoms with E-state index in [-0.39, 0.29) is 17.1 Å². The van der Waals surface area contributed by atoms with E-state index in [1.54, 1.807) is 18.0 Å². The fourth-order valence-electron chi connectivity index (χ4n) is 3.93. The predicted molar refractivity (Wildman–Crippen MR) is 115 cm³/mol. The van der Waals surface area contributed by atoms with Crippen LogP contribution in [0.2, 0.25) is 5.02 Å². The summed E-state index contributed by atoms with van der Waals surface area (Å²) in [5, 5.41) is 7.68. The lowest BCUT2D eigenvalue weighted by atomic mass is 10.1. The maximum atomic E-state index is 13.2. The number of H-pyrrole nitrogens is 1. The highest BCUT2D eigenvalue weighted by molar-refractivity contribution is 6.31. The first-order chi connectivity index (χ1) is 14.7. The van der Waals surface area contributed by atoms with Gasteiger partial charge in [-0.2, -0.15) is 18.3 Å². The van der Waals surface area contributed by atoms with Crippen molar-refractivity contribution in [2.45, 2.75) is 19.1 Å². The molecule has 0 saturated carbocycles. The van der Waals surface area contributed by atoms with Gasteiger partial charge in [0, 0.05) is 43.8 Å². The molecule has 0 aliphatic carbocycles. The molecule has 1 fully saturated rings. The molecular formula is C21H21ClF3N5O. The molecule has 4 rings (SSSR count). The third kappa shape index (κ3) is 4.01. The number of nitrogens with zero attached hydrogens (tertiary/aromatic N) is 4. The van der Waals surface area contributed by atoms with Gasteiger partial charge in [-0.05, 0) is 37.3 Å². The van der Waals surface area contributed by atoms with Gasteiger partial charge in [-0.15, -0.1) is 0 Å². The number of carbonyl (C=O) groups is 1. The molecule has 2 amide bonds. The highest BCUT2D eigenvalue weighted by atomic mass is 35.5. The number of piperazine rings is 1. The minimum absolute atomic E-state index is 0.177. The van der Waals surface area contributed by atoms with Crippen LogP contribution in [0.1, 0.15) is 12.5 Å². The molecule has 0 bridgehead atoms. The van der Waals surface area contributed by atoms with Crippen LogP contribution in [0.3, 0.4) is 0 Å². The van der Waals surface area contributed by atoms with E-state index in [0.717, 1.165) is 17.0 Å². The smallest absolute Gasteiger partial charge is 0.365 e. The summed E-state index contributed by atoms with van der Waals surface area (Å²) in [4.78, 5) is 18.1. The summed E-state index contributed by atoms with van der Waals surface area (Å²) in [5.41, 5.74) is 0.407. The number of hydrogen-bond acceptors (Lipinski definition) is 3. The molecular weight excluding hydrogens is 431 g/mol. The van der Waals surface area contributed by atoms with E-state index < -0.39 is 11.7 Å². The second-order valence-corrected chi connectivity index (χ2v) is 7.99. The third-order valence-electron chi connectivity index (χ3n) is 5.54. The Bertz CT molecular complexity index is 1120. The monoisotopic (exact) mass is 451 g/mol. The normalized spacial score (nSPS) is 17.3. The van der Waals surface area contributed by atoms with Crippen molar-refractivity contribution in [1.82, 2.24) is 15.1 Å². The largest absolute Gasteiger partial charge is 0.417 e. The minimum Gasteiger partial charge on any atom is -0.365 e. The molecule has 10 heteroatoms. The Kier molecular flexibility index (Phi) is 5.47. The van der Waals surface area contributed by atoms with Gasteiger partial charge in [0.25, 0.3) is 0 Å². The van der Waals surface area contributed by atoms with Crippen molar-refractivity contribution < 1.29 is 18.0 Å². The van der Waals surface area contributed by atoms with E-state index in [4.69, 9.17) is 11.6 Å². The van der Waals surface area contributed by atoms with Gasteiger partial charge in [-0.1, -0.05) is 23.7 Å². The number of rotatable bonds is 2. The summed E-state index contributed by atoms with van der Waals surface area (Å²) in [7, 11) is 1.66. The first-order valence-corrected chi connectivity index (χ1v) is 10.1. The molecule has 1 unspecified atom stereocenters. The molecule has 0 radical (unpaired) electrons.